The van der Waals surface area contributed by atoms with Crippen LogP contribution in [-0.2, 0) is 19.4 Å². The SMILES string of the molecule is CCc1nn(CC2CCCC2)c(CC)c1C(C)O. The van der Waals surface area contributed by atoms with Crippen molar-refractivity contribution < 1.29 is 5.11 Å². The summed E-state index contributed by atoms with van der Waals surface area (Å²) in [6.07, 6.45) is 6.90. The van der Waals surface area contributed by atoms with Crippen LogP contribution in [0.2, 0.25) is 0 Å². The van der Waals surface area contributed by atoms with Gasteiger partial charge in [0.25, 0.3) is 0 Å². The van der Waals surface area contributed by atoms with E-state index in [4.69, 9.17) is 5.10 Å². The molecule has 1 heterocycles. The zero-order valence-corrected chi connectivity index (χ0v) is 11.9. The van der Waals surface area contributed by atoms with Gasteiger partial charge in [0, 0.05) is 17.8 Å². The predicted molar refractivity (Wildman–Crippen MR) is 73.6 cm³/mol. The highest BCUT2D eigenvalue weighted by molar-refractivity contribution is 5.28. The molecule has 18 heavy (non-hydrogen) atoms. The number of aryl methyl sites for hydroxylation is 1. The van der Waals surface area contributed by atoms with Crippen LogP contribution in [0.5, 0.6) is 0 Å². The molecule has 0 spiro atoms. The van der Waals surface area contributed by atoms with Crippen molar-refractivity contribution in [2.75, 3.05) is 0 Å². The lowest BCUT2D eigenvalue weighted by atomic mass is 10.0. The molecule has 1 atom stereocenters. The molecule has 1 N–H and O–H groups in total. The molecule has 0 amide bonds. The summed E-state index contributed by atoms with van der Waals surface area (Å²) in [5, 5.41) is 14.7. The normalized spacial score (nSPS) is 18.4. The average molecular weight is 250 g/mol. The summed E-state index contributed by atoms with van der Waals surface area (Å²) in [5.41, 5.74) is 3.41. The van der Waals surface area contributed by atoms with Gasteiger partial charge in [-0.15, -0.1) is 0 Å². The third kappa shape index (κ3) is 2.61. The lowest BCUT2D eigenvalue weighted by Crippen LogP contribution is -2.12. The zero-order chi connectivity index (χ0) is 13.1. The first-order valence-corrected chi connectivity index (χ1v) is 7.43. The maximum absolute atomic E-state index is 9.97. The van der Waals surface area contributed by atoms with E-state index in [1.54, 1.807) is 0 Å². The molecule has 1 unspecified atom stereocenters. The summed E-state index contributed by atoms with van der Waals surface area (Å²) < 4.78 is 2.18. The summed E-state index contributed by atoms with van der Waals surface area (Å²) in [6, 6.07) is 0. The van der Waals surface area contributed by atoms with Crippen LogP contribution < -0.4 is 0 Å². The van der Waals surface area contributed by atoms with E-state index in [9.17, 15) is 5.11 Å². The van der Waals surface area contributed by atoms with E-state index in [2.05, 4.69) is 18.5 Å². The van der Waals surface area contributed by atoms with E-state index >= 15 is 0 Å². The molecule has 1 aliphatic rings. The van der Waals surface area contributed by atoms with E-state index in [-0.39, 0.29) is 0 Å². The van der Waals surface area contributed by atoms with Gasteiger partial charge in [-0.3, -0.25) is 4.68 Å². The van der Waals surface area contributed by atoms with Crippen LogP contribution in [0.4, 0.5) is 0 Å². The Morgan fingerprint density at radius 2 is 1.94 bits per heavy atom. The number of aliphatic hydroxyl groups excluding tert-OH is 1. The van der Waals surface area contributed by atoms with Gasteiger partial charge in [-0.1, -0.05) is 26.7 Å². The fourth-order valence-electron chi connectivity index (χ4n) is 3.27. The maximum Gasteiger partial charge on any atom is 0.0798 e. The van der Waals surface area contributed by atoms with Crippen LogP contribution in [0.1, 0.15) is 69.5 Å². The highest BCUT2D eigenvalue weighted by Crippen LogP contribution is 2.29. The van der Waals surface area contributed by atoms with Crippen molar-refractivity contribution in [2.24, 2.45) is 5.92 Å². The molecule has 102 valence electrons. The Kier molecular flexibility index (Phi) is 4.44. The zero-order valence-electron chi connectivity index (χ0n) is 11.9. The Balaban J connectivity index is 2.28. The van der Waals surface area contributed by atoms with Crippen LogP contribution in [0, 0.1) is 5.92 Å². The molecule has 1 fully saturated rings. The summed E-state index contributed by atoms with van der Waals surface area (Å²) >= 11 is 0. The fraction of sp³-hybridized carbons (Fsp3) is 0.800. The summed E-state index contributed by atoms with van der Waals surface area (Å²) in [5.74, 6) is 0.793. The molecular formula is C15H26N2O. The summed E-state index contributed by atoms with van der Waals surface area (Å²) in [4.78, 5) is 0. The lowest BCUT2D eigenvalue weighted by Gasteiger charge is -2.13. The van der Waals surface area contributed by atoms with Crippen molar-refractivity contribution in [1.82, 2.24) is 9.78 Å². The topological polar surface area (TPSA) is 38.0 Å². The first-order valence-electron chi connectivity index (χ1n) is 7.43. The summed E-state index contributed by atoms with van der Waals surface area (Å²) in [6.45, 7) is 7.18. The molecule has 1 aromatic rings. The molecule has 3 nitrogen and oxygen atoms in total. The standard InChI is InChI=1S/C15H26N2O/c1-4-13-15(11(3)18)14(5-2)17(16-13)10-12-8-6-7-9-12/h11-12,18H,4-10H2,1-3H3. The van der Waals surface area contributed by atoms with Crippen molar-refractivity contribution in [1.29, 1.82) is 0 Å². The minimum atomic E-state index is -0.396. The average Bonchev–Trinajstić information content (AvgIpc) is 2.96. The molecule has 0 bridgehead atoms. The quantitative estimate of drug-likeness (QED) is 0.871. The number of aliphatic hydroxyl groups is 1. The van der Waals surface area contributed by atoms with Gasteiger partial charge in [0.2, 0.25) is 0 Å². The van der Waals surface area contributed by atoms with E-state index < -0.39 is 6.10 Å². The molecule has 0 radical (unpaired) electrons. The largest absolute Gasteiger partial charge is 0.389 e. The molecular weight excluding hydrogens is 224 g/mol. The van der Waals surface area contributed by atoms with Gasteiger partial charge in [0.15, 0.2) is 0 Å². The highest BCUT2D eigenvalue weighted by atomic mass is 16.3. The summed E-state index contributed by atoms with van der Waals surface area (Å²) in [7, 11) is 0. The van der Waals surface area contributed by atoms with Crippen molar-refractivity contribution in [3.63, 3.8) is 0 Å². The van der Waals surface area contributed by atoms with Crippen molar-refractivity contribution >= 4 is 0 Å². The maximum atomic E-state index is 9.97. The molecule has 3 heteroatoms. The van der Waals surface area contributed by atoms with Gasteiger partial charge in [-0.2, -0.15) is 5.10 Å². The predicted octanol–water partition coefficient (Wildman–Crippen LogP) is 3.25. The monoisotopic (exact) mass is 250 g/mol. The highest BCUT2D eigenvalue weighted by Gasteiger charge is 2.22. The Hall–Kier alpha value is -0.830. The molecule has 0 aliphatic heterocycles. The van der Waals surface area contributed by atoms with Gasteiger partial charge < -0.3 is 5.11 Å². The van der Waals surface area contributed by atoms with Crippen molar-refractivity contribution in [3.8, 4) is 0 Å². The number of rotatable bonds is 5. The molecule has 2 rings (SSSR count). The van der Waals surface area contributed by atoms with Crippen LogP contribution in [0.15, 0.2) is 0 Å². The van der Waals surface area contributed by atoms with Gasteiger partial charge in [-0.05, 0) is 38.5 Å². The van der Waals surface area contributed by atoms with Gasteiger partial charge in [0.1, 0.15) is 0 Å². The number of hydrogen-bond donors (Lipinski definition) is 1. The van der Waals surface area contributed by atoms with Gasteiger partial charge in [-0.25, -0.2) is 0 Å². The Bertz CT molecular complexity index is 389. The van der Waals surface area contributed by atoms with Gasteiger partial charge >= 0.3 is 0 Å². The van der Waals surface area contributed by atoms with Crippen LogP contribution in [0.25, 0.3) is 0 Å². The van der Waals surface area contributed by atoms with Gasteiger partial charge in [0.05, 0.1) is 11.8 Å². The molecule has 0 aromatic carbocycles. The van der Waals surface area contributed by atoms with Crippen molar-refractivity contribution in [3.05, 3.63) is 17.0 Å². The minimum Gasteiger partial charge on any atom is -0.389 e. The second kappa shape index (κ2) is 5.87. The molecule has 1 aliphatic carbocycles. The Morgan fingerprint density at radius 1 is 1.28 bits per heavy atom. The van der Waals surface area contributed by atoms with Crippen LogP contribution in [-0.4, -0.2) is 14.9 Å². The second-order valence-electron chi connectivity index (χ2n) is 5.52. The fourth-order valence-corrected chi connectivity index (χ4v) is 3.27. The minimum absolute atomic E-state index is 0.396. The molecule has 0 saturated heterocycles. The second-order valence-corrected chi connectivity index (χ2v) is 5.52. The molecule has 1 aromatic heterocycles. The third-order valence-corrected chi connectivity index (χ3v) is 4.17. The number of hydrogen-bond acceptors (Lipinski definition) is 2. The van der Waals surface area contributed by atoms with Crippen LogP contribution in [0.3, 0.4) is 0 Å². The smallest absolute Gasteiger partial charge is 0.0798 e. The first-order chi connectivity index (χ1) is 8.67. The first kappa shape index (κ1) is 13.6. The molecule has 1 saturated carbocycles. The third-order valence-electron chi connectivity index (χ3n) is 4.17. The van der Waals surface area contributed by atoms with E-state index in [0.29, 0.717) is 0 Å². The lowest BCUT2D eigenvalue weighted by molar-refractivity contribution is 0.197. The van der Waals surface area contributed by atoms with Crippen LogP contribution >= 0.6 is 0 Å². The number of nitrogens with zero attached hydrogens (tertiary/aromatic N) is 2. The van der Waals surface area contributed by atoms with Crippen molar-refractivity contribution in [2.45, 2.75) is 71.9 Å². The van der Waals surface area contributed by atoms with E-state index in [0.717, 1.165) is 36.6 Å². The van der Waals surface area contributed by atoms with E-state index in [1.807, 2.05) is 6.92 Å². The van der Waals surface area contributed by atoms with E-state index in [1.165, 1.54) is 31.4 Å². The Labute approximate surface area is 110 Å². The Morgan fingerprint density at radius 3 is 2.44 bits per heavy atom. The number of aromatic nitrogens is 2.